The Labute approximate surface area is 162 Å². The van der Waals surface area contributed by atoms with Gasteiger partial charge >= 0.3 is 0 Å². The number of nitrogens with zero attached hydrogens (tertiary/aromatic N) is 1. The molecule has 144 valence electrons. The SMILES string of the molecule is COc1cc(NC(=O)C2=C(C(=O)N3CCO3)CCC3CCOC23)ccc1Cl. The minimum atomic E-state index is -0.354. The fraction of sp³-hybridized carbons (Fsp3) is 0.474. The number of anilines is 1. The van der Waals surface area contributed by atoms with E-state index >= 15 is 0 Å². The van der Waals surface area contributed by atoms with Gasteiger partial charge in [0.2, 0.25) is 0 Å². The van der Waals surface area contributed by atoms with E-state index in [4.69, 9.17) is 25.9 Å². The Bertz CT molecular complexity index is 805. The van der Waals surface area contributed by atoms with Gasteiger partial charge < -0.3 is 14.8 Å². The van der Waals surface area contributed by atoms with Crippen molar-refractivity contribution in [3.05, 3.63) is 34.4 Å². The summed E-state index contributed by atoms with van der Waals surface area (Å²) in [6, 6.07) is 5.00. The molecule has 2 aliphatic heterocycles. The van der Waals surface area contributed by atoms with Crippen molar-refractivity contribution < 1.29 is 23.9 Å². The number of ether oxygens (including phenoxy) is 2. The molecule has 2 heterocycles. The lowest BCUT2D eigenvalue weighted by Gasteiger charge is -2.34. The van der Waals surface area contributed by atoms with Gasteiger partial charge in [0.15, 0.2) is 0 Å². The quantitative estimate of drug-likeness (QED) is 0.852. The first kappa shape index (κ1) is 18.3. The minimum absolute atomic E-state index is 0.242. The molecule has 0 aromatic heterocycles. The largest absolute Gasteiger partial charge is 0.495 e. The van der Waals surface area contributed by atoms with E-state index in [1.165, 1.54) is 12.2 Å². The molecule has 2 unspecified atom stereocenters. The molecule has 1 aromatic rings. The molecule has 1 N–H and O–H groups in total. The topological polar surface area (TPSA) is 77.1 Å². The van der Waals surface area contributed by atoms with Crippen LogP contribution < -0.4 is 10.1 Å². The van der Waals surface area contributed by atoms with Crippen molar-refractivity contribution in [2.45, 2.75) is 25.4 Å². The van der Waals surface area contributed by atoms with Crippen molar-refractivity contribution >= 4 is 29.1 Å². The van der Waals surface area contributed by atoms with Gasteiger partial charge in [-0.3, -0.25) is 14.4 Å². The van der Waals surface area contributed by atoms with Gasteiger partial charge in [-0.1, -0.05) is 11.6 Å². The first-order chi connectivity index (χ1) is 13.1. The number of fused-ring (bicyclic) bond motifs is 1. The fourth-order valence-corrected chi connectivity index (χ4v) is 4.00. The van der Waals surface area contributed by atoms with Crippen LogP contribution in [0.3, 0.4) is 0 Å². The second kappa shape index (κ2) is 7.50. The zero-order valence-corrected chi connectivity index (χ0v) is 15.8. The molecule has 0 spiro atoms. The summed E-state index contributed by atoms with van der Waals surface area (Å²) in [5.74, 6) is 0.153. The van der Waals surface area contributed by atoms with Crippen LogP contribution in [0.15, 0.2) is 29.3 Å². The Kier molecular flexibility index (Phi) is 5.08. The number of halogens is 1. The predicted molar refractivity (Wildman–Crippen MR) is 98.4 cm³/mol. The van der Waals surface area contributed by atoms with Crippen molar-refractivity contribution in [2.24, 2.45) is 5.92 Å². The van der Waals surface area contributed by atoms with Gasteiger partial charge in [-0.2, -0.15) is 0 Å². The second-order valence-electron chi connectivity index (χ2n) is 6.81. The molecular formula is C19H21ClN2O5. The smallest absolute Gasteiger partial charge is 0.274 e. The van der Waals surface area contributed by atoms with Gasteiger partial charge in [-0.15, -0.1) is 0 Å². The molecule has 0 radical (unpaired) electrons. The lowest BCUT2D eigenvalue weighted by molar-refractivity contribution is -0.236. The maximum Gasteiger partial charge on any atom is 0.274 e. The molecule has 2 atom stereocenters. The minimum Gasteiger partial charge on any atom is -0.495 e. The van der Waals surface area contributed by atoms with Gasteiger partial charge in [0.25, 0.3) is 11.8 Å². The molecule has 0 saturated carbocycles. The molecule has 2 saturated heterocycles. The van der Waals surface area contributed by atoms with Crippen LogP contribution >= 0.6 is 11.6 Å². The van der Waals surface area contributed by atoms with E-state index in [0.717, 1.165) is 12.8 Å². The maximum absolute atomic E-state index is 13.1. The highest BCUT2D eigenvalue weighted by Crippen LogP contribution is 2.39. The molecule has 0 bridgehead atoms. The van der Waals surface area contributed by atoms with Gasteiger partial charge in [0.1, 0.15) is 5.75 Å². The van der Waals surface area contributed by atoms with Crippen molar-refractivity contribution in [3.63, 3.8) is 0 Å². The summed E-state index contributed by atoms with van der Waals surface area (Å²) >= 11 is 6.05. The summed E-state index contributed by atoms with van der Waals surface area (Å²) in [4.78, 5) is 31.0. The van der Waals surface area contributed by atoms with Crippen LogP contribution in [0.2, 0.25) is 5.02 Å². The lowest BCUT2D eigenvalue weighted by Crippen LogP contribution is -2.46. The summed E-state index contributed by atoms with van der Waals surface area (Å²) in [5, 5.41) is 4.62. The average molecular weight is 393 g/mol. The number of hydrogen-bond acceptors (Lipinski definition) is 5. The number of benzene rings is 1. The maximum atomic E-state index is 13.1. The van der Waals surface area contributed by atoms with Crippen LogP contribution in [0.1, 0.15) is 19.3 Å². The molecular weight excluding hydrogens is 372 g/mol. The summed E-state index contributed by atoms with van der Waals surface area (Å²) < 4.78 is 11.0. The molecule has 7 nitrogen and oxygen atoms in total. The molecule has 1 aromatic carbocycles. The van der Waals surface area contributed by atoms with Crippen molar-refractivity contribution in [1.82, 2.24) is 5.06 Å². The van der Waals surface area contributed by atoms with Gasteiger partial charge in [-0.05, 0) is 37.3 Å². The number of methoxy groups -OCH3 is 1. The number of hydrogen-bond donors (Lipinski definition) is 1. The van der Waals surface area contributed by atoms with Crippen LogP contribution in [-0.2, 0) is 19.2 Å². The van der Waals surface area contributed by atoms with E-state index in [0.29, 0.717) is 53.8 Å². The van der Waals surface area contributed by atoms with E-state index in [-0.39, 0.29) is 23.8 Å². The number of rotatable bonds is 4. The van der Waals surface area contributed by atoms with Crippen LogP contribution in [0.4, 0.5) is 5.69 Å². The predicted octanol–water partition coefficient (Wildman–Crippen LogP) is 2.56. The molecule has 1 aliphatic carbocycles. The Morgan fingerprint density at radius 3 is 2.81 bits per heavy atom. The molecule has 2 fully saturated rings. The highest BCUT2D eigenvalue weighted by atomic mass is 35.5. The Morgan fingerprint density at radius 1 is 1.30 bits per heavy atom. The number of amides is 2. The summed E-state index contributed by atoms with van der Waals surface area (Å²) in [6.45, 7) is 1.66. The highest BCUT2D eigenvalue weighted by molar-refractivity contribution is 6.32. The van der Waals surface area contributed by atoms with Crippen LogP contribution in [0.25, 0.3) is 0 Å². The molecule has 27 heavy (non-hydrogen) atoms. The Hall–Kier alpha value is -2.09. The monoisotopic (exact) mass is 392 g/mol. The number of carbonyl (C=O) groups is 2. The molecule has 8 heteroatoms. The van der Waals surface area contributed by atoms with Crippen LogP contribution in [-0.4, -0.2) is 49.8 Å². The summed E-state index contributed by atoms with van der Waals surface area (Å²) in [5.41, 5.74) is 1.44. The van der Waals surface area contributed by atoms with Crippen LogP contribution in [0, 0.1) is 5.92 Å². The third kappa shape index (κ3) is 3.42. The van der Waals surface area contributed by atoms with E-state index in [1.54, 1.807) is 18.2 Å². The number of carbonyl (C=O) groups excluding carboxylic acids is 2. The molecule has 3 aliphatic rings. The first-order valence-electron chi connectivity index (χ1n) is 9.03. The molecule has 2 amide bonds. The van der Waals surface area contributed by atoms with E-state index in [1.807, 2.05) is 0 Å². The summed E-state index contributed by atoms with van der Waals surface area (Å²) in [7, 11) is 1.51. The van der Waals surface area contributed by atoms with E-state index < -0.39 is 0 Å². The first-order valence-corrected chi connectivity index (χ1v) is 9.40. The summed E-state index contributed by atoms with van der Waals surface area (Å²) in [6.07, 6.45) is 1.94. The van der Waals surface area contributed by atoms with E-state index in [9.17, 15) is 9.59 Å². The normalized spacial score (nSPS) is 24.3. The lowest BCUT2D eigenvalue weighted by atomic mass is 9.80. The Morgan fingerprint density at radius 2 is 2.11 bits per heavy atom. The zero-order chi connectivity index (χ0) is 19.0. The van der Waals surface area contributed by atoms with E-state index in [2.05, 4.69) is 5.32 Å². The van der Waals surface area contributed by atoms with Crippen molar-refractivity contribution in [1.29, 1.82) is 0 Å². The van der Waals surface area contributed by atoms with Gasteiger partial charge in [0.05, 0.1) is 37.0 Å². The standard InChI is InChI=1S/C19H21ClN2O5/c1-25-15-10-12(3-5-14(15)20)21-18(23)16-13(19(24)22-7-9-27-22)4-2-11-6-8-26-17(11)16/h3,5,10-11,17H,2,4,6-9H2,1H3,(H,21,23). The molecule has 4 rings (SSSR count). The highest BCUT2D eigenvalue weighted by Gasteiger charge is 2.42. The third-order valence-electron chi connectivity index (χ3n) is 5.27. The zero-order valence-electron chi connectivity index (χ0n) is 15.0. The van der Waals surface area contributed by atoms with Crippen molar-refractivity contribution in [3.8, 4) is 5.75 Å². The van der Waals surface area contributed by atoms with Crippen molar-refractivity contribution in [2.75, 3.05) is 32.2 Å². The van der Waals surface area contributed by atoms with Gasteiger partial charge in [0, 0.05) is 23.9 Å². The van der Waals surface area contributed by atoms with Crippen LogP contribution in [0.5, 0.6) is 5.75 Å². The second-order valence-corrected chi connectivity index (χ2v) is 7.22. The fourth-order valence-electron chi connectivity index (χ4n) is 3.80. The third-order valence-corrected chi connectivity index (χ3v) is 5.58. The van der Waals surface area contributed by atoms with Gasteiger partial charge in [-0.25, -0.2) is 5.06 Å². The average Bonchev–Trinajstić information content (AvgIpc) is 3.09. The number of nitrogens with one attached hydrogen (secondary N) is 1. The number of hydroxylamine groups is 2. The Balaban J connectivity index is 1.64.